The molecule has 0 aliphatic heterocycles. The molecule has 17 heavy (non-hydrogen) atoms. The summed E-state index contributed by atoms with van der Waals surface area (Å²) in [6, 6.07) is 5.99. The van der Waals surface area contributed by atoms with Crippen molar-refractivity contribution in [1.29, 1.82) is 5.26 Å². The number of ether oxygens (including phenoxy) is 1. The van der Waals surface area contributed by atoms with E-state index < -0.39 is 0 Å². The Kier molecular flexibility index (Phi) is 3.26. The van der Waals surface area contributed by atoms with Crippen molar-refractivity contribution in [2.75, 3.05) is 7.11 Å². The van der Waals surface area contributed by atoms with E-state index in [1.807, 2.05) is 29.9 Å². The van der Waals surface area contributed by atoms with Crippen LogP contribution in [0.1, 0.15) is 12.0 Å². The second-order valence-electron chi connectivity index (χ2n) is 3.93. The molecule has 0 bridgehead atoms. The van der Waals surface area contributed by atoms with E-state index in [9.17, 15) is 0 Å². The lowest BCUT2D eigenvalue weighted by atomic mass is 10.1. The largest absolute Gasteiger partial charge is 0.495 e. The molecule has 3 nitrogen and oxygen atoms in total. The molecule has 0 aliphatic rings. The van der Waals surface area contributed by atoms with E-state index in [1.165, 1.54) is 0 Å². The third-order valence-corrected chi connectivity index (χ3v) is 3.15. The molecular weight excluding hydrogens is 236 g/mol. The van der Waals surface area contributed by atoms with Gasteiger partial charge in [0, 0.05) is 30.6 Å². The highest BCUT2D eigenvalue weighted by Gasteiger charge is 2.10. The summed E-state index contributed by atoms with van der Waals surface area (Å²) in [6.45, 7) is 0. The number of rotatable bonds is 3. The van der Waals surface area contributed by atoms with Crippen LogP contribution in [0.3, 0.4) is 0 Å². The van der Waals surface area contributed by atoms with Gasteiger partial charge in [0.05, 0.1) is 18.2 Å². The van der Waals surface area contributed by atoms with E-state index in [0.29, 0.717) is 17.2 Å². The van der Waals surface area contributed by atoms with Crippen LogP contribution in [0.25, 0.3) is 10.9 Å². The third kappa shape index (κ3) is 2.09. The van der Waals surface area contributed by atoms with Crippen LogP contribution < -0.4 is 4.74 Å². The Labute approximate surface area is 105 Å². The maximum absolute atomic E-state index is 8.65. The molecule has 0 spiro atoms. The van der Waals surface area contributed by atoms with Gasteiger partial charge < -0.3 is 9.30 Å². The lowest BCUT2D eigenvalue weighted by molar-refractivity contribution is 0.415. The summed E-state index contributed by atoms with van der Waals surface area (Å²) in [5.41, 5.74) is 2.21. The standard InChI is InChI=1S/C13H13ClN2O/c1-16-8-9(4-3-5-15)10-6-13(17-2)11(14)7-12(10)16/h6-8H,3-4H2,1-2H3. The van der Waals surface area contributed by atoms with Gasteiger partial charge in [0.1, 0.15) is 5.75 Å². The van der Waals surface area contributed by atoms with Gasteiger partial charge in [0.25, 0.3) is 0 Å². The SMILES string of the molecule is COc1cc2c(CCC#N)cn(C)c2cc1Cl. The first-order valence-corrected chi connectivity index (χ1v) is 5.73. The summed E-state index contributed by atoms with van der Waals surface area (Å²) in [4.78, 5) is 0. The first-order chi connectivity index (χ1) is 8.17. The van der Waals surface area contributed by atoms with Crippen LogP contribution in [-0.2, 0) is 13.5 Å². The Morgan fingerprint density at radius 3 is 2.88 bits per heavy atom. The highest BCUT2D eigenvalue weighted by molar-refractivity contribution is 6.32. The predicted octanol–water partition coefficient (Wildman–Crippen LogP) is 3.30. The molecule has 1 aromatic heterocycles. The Morgan fingerprint density at radius 1 is 1.47 bits per heavy atom. The van der Waals surface area contributed by atoms with Crippen LogP contribution in [-0.4, -0.2) is 11.7 Å². The fraction of sp³-hybridized carbons (Fsp3) is 0.308. The average Bonchev–Trinajstić information content (AvgIpc) is 2.62. The third-order valence-electron chi connectivity index (χ3n) is 2.85. The number of nitriles is 1. The van der Waals surface area contributed by atoms with E-state index in [2.05, 4.69) is 6.07 Å². The number of nitrogens with zero attached hydrogens (tertiary/aromatic N) is 2. The summed E-state index contributed by atoms with van der Waals surface area (Å²) in [5.74, 6) is 0.670. The summed E-state index contributed by atoms with van der Waals surface area (Å²) in [5, 5.41) is 10.4. The van der Waals surface area contributed by atoms with Gasteiger partial charge in [-0.15, -0.1) is 0 Å². The van der Waals surface area contributed by atoms with Crippen molar-refractivity contribution in [2.45, 2.75) is 12.8 Å². The fourth-order valence-electron chi connectivity index (χ4n) is 2.01. The first kappa shape index (κ1) is 11.8. The normalized spacial score (nSPS) is 10.5. The average molecular weight is 249 g/mol. The number of aromatic nitrogens is 1. The molecule has 2 aromatic rings. The van der Waals surface area contributed by atoms with Crippen molar-refractivity contribution in [2.24, 2.45) is 7.05 Å². The number of aryl methyl sites for hydroxylation is 2. The van der Waals surface area contributed by atoms with Crippen molar-refractivity contribution in [1.82, 2.24) is 4.57 Å². The van der Waals surface area contributed by atoms with Gasteiger partial charge in [-0.05, 0) is 24.1 Å². The molecule has 1 heterocycles. The molecular formula is C13H13ClN2O. The minimum Gasteiger partial charge on any atom is -0.495 e. The molecule has 0 radical (unpaired) electrons. The molecule has 1 aromatic carbocycles. The van der Waals surface area contributed by atoms with Crippen molar-refractivity contribution in [3.05, 3.63) is 28.9 Å². The highest BCUT2D eigenvalue weighted by atomic mass is 35.5. The minimum atomic E-state index is 0.518. The summed E-state index contributed by atoms with van der Waals surface area (Å²) < 4.78 is 7.24. The van der Waals surface area contributed by atoms with Crippen LogP contribution in [0.15, 0.2) is 18.3 Å². The topological polar surface area (TPSA) is 37.9 Å². The molecule has 4 heteroatoms. The fourth-order valence-corrected chi connectivity index (χ4v) is 2.25. The number of hydrogen-bond acceptors (Lipinski definition) is 2. The molecule has 0 saturated heterocycles. The second-order valence-corrected chi connectivity index (χ2v) is 4.33. The van der Waals surface area contributed by atoms with Gasteiger partial charge in [-0.25, -0.2) is 0 Å². The van der Waals surface area contributed by atoms with Crippen molar-refractivity contribution in [3.63, 3.8) is 0 Å². The summed E-state index contributed by atoms with van der Waals surface area (Å²) in [6.07, 6.45) is 3.31. The molecule has 0 unspecified atom stereocenters. The van der Waals surface area contributed by atoms with E-state index in [4.69, 9.17) is 21.6 Å². The van der Waals surface area contributed by atoms with Gasteiger partial charge >= 0.3 is 0 Å². The molecule has 0 aliphatic carbocycles. The zero-order valence-corrected chi connectivity index (χ0v) is 10.6. The molecule has 0 fully saturated rings. The van der Waals surface area contributed by atoms with Crippen LogP contribution in [0.2, 0.25) is 5.02 Å². The minimum absolute atomic E-state index is 0.518. The zero-order chi connectivity index (χ0) is 12.4. The van der Waals surface area contributed by atoms with Gasteiger partial charge in [-0.3, -0.25) is 0 Å². The van der Waals surface area contributed by atoms with E-state index in [0.717, 1.165) is 22.9 Å². The lowest BCUT2D eigenvalue weighted by Crippen LogP contribution is -1.87. The number of hydrogen-bond donors (Lipinski definition) is 0. The van der Waals surface area contributed by atoms with Gasteiger partial charge in [0.2, 0.25) is 0 Å². The lowest BCUT2D eigenvalue weighted by Gasteiger charge is -2.04. The van der Waals surface area contributed by atoms with E-state index >= 15 is 0 Å². The van der Waals surface area contributed by atoms with Crippen LogP contribution in [0.5, 0.6) is 5.75 Å². The summed E-state index contributed by atoms with van der Waals surface area (Å²) in [7, 11) is 3.58. The van der Waals surface area contributed by atoms with Crippen molar-refractivity contribution in [3.8, 4) is 11.8 Å². The molecule has 0 atom stereocenters. The predicted molar refractivity (Wildman–Crippen MR) is 68.4 cm³/mol. The number of benzene rings is 1. The Bertz CT molecular complexity index is 595. The van der Waals surface area contributed by atoms with E-state index in [1.54, 1.807) is 7.11 Å². The molecule has 2 rings (SSSR count). The number of methoxy groups -OCH3 is 1. The smallest absolute Gasteiger partial charge is 0.138 e. The van der Waals surface area contributed by atoms with Crippen LogP contribution in [0.4, 0.5) is 0 Å². The molecule has 0 N–H and O–H groups in total. The van der Waals surface area contributed by atoms with Crippen molar-refractivity contribution < 1.29 is 4.74 Å². The second kappa shape index (κ2) is 4.68. The highest BCUT2D eigenvalue weighted by Crippen LogP contribution is 2.32. The molecule has 0 amide bonds. The van der Waals surface area contributed by atoms with Crippen LogP contribution >= 0.6 is 11.6 Å². The number of halogens is 1. The van der Waals surface area contributed by atoms with Gasteiger partial charge in [-0.2, -0.15) is 5.26 Å². The molecule has 0 saturated carbocycles. The van der Waals surface area contributed by atoms with Crippen molar-refractivity contribution >= 4 is 22.5 Å². The Morgan fingerprint density at radius 2 is 2.24 bits per heavy atom. The Balaban J connectivity index is 2.59. The van der Waals surface area contributed by atoms with E-state index in [-0.39, 0.29) is 0 Å². The van der Waals surface area contributed by atoms with Gasteiger partial charge in [-0.1, -0.05) is 11.6 Å². The monoisotopic (exact) mass is 248 g/mol. The van der Waals surface area contributed by atoms with Gasteiger partial charge in [0.15, 0.2) is 0 Å². The van der Waals surface area contributed by atoms with Crippen LogP contribution in [0, 0.1) is 11.3 Å². The maximum atomic E-state index is 8.65. The number of fused-ring (bicyclic) bond motifs is 1. The first-order valence-electron chi connectivity index (χ1n) is 5.35. The summed E-state index contributed by atoms with van der Waals surface area (Å²) >= 11 is 6.10. The maximum Gasteiger partial charge on any atom is 0.138 e. The zero-order valence-electron chi connectivity index (χ0n) is 9.83. The molecule has 88 valence electrons. The quantitative estimate of drug-likeness (QED) is 0.836. The Hall–Kier alpha value is -1.66.